The van der Waals surface area contributed by atoms with E-state index in [1.807, 2.05) is 0 Å². The Morgan fingerprint density at radius 2 is 2.24 bits per heavy atom. The number of rotatable bonds is 1. The summed E-state index contributed by atoms with van der Waals surface area (Å²) in [5.74, 6) is -0.120. The summed E-state index contributed by atoms with van der Waals surface area (Å²) in [6, 6.07) is 5.11. The topological polar surface area (TPSA) is 84.7 Å². The smallest absolute Gasteiger partial charge is 0.408 e. The maximum atomic E-state index is 11.0. The molecule has 0 aliphatic heterocycles. The van der Waals surface area contributed by atoms with Crippen LogP contribution in [0.2, 0.25) is 5.15 Å². The first kappa shape index (κ1) is 9.98. The summed E-state index contributed by atoms with van der Waals surface area (Å²) < 4.78 is 4.94. The van der Waals surface area contributed by atoms with E-state index in [0.29, 0.717) is 22.5 Å². The largest absolute Gasteiger partial charge is 0.417 e. The van der Waals surface area contributed by atoms with Crippen LogP contribution in [0.15, 0.2) is 33.6 Å². The third-order valence-electron chi connectivity index (χ3n) is 2.21. The number of fused-ring (bicyclic) bond motifs is 1. The minimum absolute atomic E-state index is 0.255. The van der Waals surface area contributed by atoms with Crippen molar-refractivity contribution in [2.75, 3.05) is 0 Å². The van der Waals surface area contributed by atoms with Gasteiger partial charge in [0.2, 0.25) is 0 Å². The van der Waals surface area contributed by atoms with Crippen LogP contribution in [0.1, 0.15) is 0 Å². The summed E-state index contributed by atoms with van der Waals surface area (Å²) in [5, 5.41) is 7.80. The number of H-pyrrole nitrogens is 1. The van der Waals surface area contributed by atoms with E-state index in [9.17, 15) is 4.79 Å². The highest BCUT2D eigenvalue weighted by atomic mass is 35.5. The summed E-state index contributed by atoms with van der Waals surface area (Å²) in [6.07, 6.45) is 1.35. The van der Waals surface area contributed by atoms with E-state index in [1.165, 1.54) is 6.20 Å². The molecule has 17 heavy (non-hydrogen) atoms. The average molecular weight is 249 g/mol. The van der Waals surface area contributed by atoms with Crippen LogP contribution in [0.3, 0.4) is 0 Å². The Kier molecular flexibility index (Phi) is 2.15. The van der Waals surface area contributed by atoms with Crippen molar-refractivity contribution in [2.24, 2.45) is 0 Å². The van der Waals surface area contributed by atoms with Gasteiger partial charge in [-0.2, -0.15) is 5.10 Å². The van der Waals surface area contributed by atoms with Crippen LogP contribution in [0, 0.1) is 0 Å². The van der Waals surface area contributed by atoms with E-state index >= 15 is 0 Å². The zero-order valence-electron chi connectivity index (χ0n) is 8.35. The van der Waals surface area contributed by atoms with E-state index < -0.39 is 5.76 Å². The number of aromatic amines is 1. The van der Waals surface area contributed by atoms with Gasteiger partial charge in [0.1, 0.15) is 0 Å². The van der Waals surface area contributed by atoms with Crippen molar-refractivity contribution in [1.82, 2.24) is 20.2 Å². The third kappa shape index (κ3) is 1.78. The first-order valence-electron chi connectivity index (χ1n) is 4.71. The molecule has 0 spiro atoms. The summed E-state index contributed by atoms with van der Waals surface area (Å²) in [6.45, 7) is 0. The van der Waals surface area contributed by atoms with Gasteiger partial charge in [-0.3, -0.25) is 4.98 Å². The summed E-state index contributed by atoms with van der Waals surface area (Å²) in [4.78, 5) is 17.6. The van der Waals surface area contributed by atoms with Crippen LogP contribution >= 0.6 is 11.6 Å². The number of oxazole rings is 1. The first-order valence-corrected chi connectivity index (χ1v) is 5.09. The van der Waals surface area contributed by atoms with Crippen LogP contribution in [0.5, 0.6) is 0 Å². The molecule has 0 bridgehead atoms. The van der Waals surface area contributed by atoms with Crippen LogP contribution in [0.4, 0.5) is 0 Å². The third-order valence-corrected chi connectivity index (χ3v) is 2.39. The second-order valence-corrected chi connectivity index (χ2v) is 3.72. The molecule has 1 aromatic carbocycles. The molecule has 3 aromatic rings. The van der Waals surface area contributed by atoms with Gasteiger partial charge in [-0.15, -0.1) is 5.10 Å². The molecule has 0 atom stereocenters. The molecule has 0 fully saturated rings. The highest BCUT2D eigenvalue weighted by molar-refractivity contribution is 6.29. The van der Waals surface area contributed by atoms with Crippen molar-refractivity contribution in [2.45, 2.75) is 0 Å². The minimum atomic E-state index is -0.498. The van der Waals surface area contributed by atoms with Crippen LogP contribution < -0.4 is 5.76 Å². The number of benzene rings is 1. The average Bonchev–Trinajstić information content (AvgIpc) is 2.68. The lowest BCUT2D eigenvalue weighted by molar-refractivity contribution is 0.555. The van der Waals surface area contributed by atoms with Crippen molar-refractivity contribution in [1.29, 1.82) is 0 Å². The van der Waals surface area contributed by atoms with E-state index in [1.54, 1.807) is 18.2 Å². The molecule has 3 rings (SSSR count). The van der Waals surface area contributed by atoms with Gasteiger partial charge in [0.25, 0.3) is 0 Å². The Morgan fingerprint density at radius 3 is 3.06 bits per heavy atom. The Labute approximate surface area is 99.3 Å². The molecule has 2 aromatic heterocycles. The summed E-state index contributed by atoms with van der Waals surface area (Å²) in [7, 11) is 0. The number of hydrogen-bond donors (Lipinski definition) is 1. The monoisotopic (exact) mass is 248 g/mol. The lowest BCUT2D eigenvalue weighted by Crippen LogP contribution is -1.92. The maximum absolute atomic E-state index is 11.0. The fourth-order valence-corrected chi connectivity index (χ4v) is 1.61. The predicted molar refractivity (Wildman–Crippen MR) is 60.7 cm³/mol. The van der Waals surface area contributed by atoms with E-state index in [-0.39, 0.29) is 5.15 Å². The van der Waals surface area contributed by atoms with Crippen LogP contribution in [0.25, 0.3) is 22.5 Å². The quantitative estimate of drug-likeness (QED) is 0.707. The minimum Gasteiger partial charge on any atom is -0.408 e. The first-order chi connectivity index (χ1) is 8.22. The van der Waals surface area contributed by atoms with Gasteiger partial charge in [0.15, 0.2) is 16.6 Å². The van der Waals surface area contributed by atoms with Gasteiger partial charge in [-0.05, 0) is 18.2 Å². The molecule has 0 unspecified atom stereocenters. The lowest BCUT2D eigenvalue weighted by atomic mass is 10.2. The Balaban J connectivity index is 2.20. The molecule has 2 heterocycles. The van der Waals surface area contributed by atoms with Gasteiger partial charge in [0, 0.05) is 5.56 Å². The summed E-state index contributed by atoms with van der Waals surface area (Å²) in [5.41, 5.74) is 1.74. The fourth-order valence-electron chi connectivity index (χ4n) is 1.49. The predicted octanol–water partition coefficient (Wildman–Crippen LogP) is 1.63. The molecular weight excluding hydrogens is 244 g/mol. The normalized spacial score (nSPS) is 10.9. The fraction of sp³-hybridized carbons (Fsp3) is 0. The zero-order chi connectivity index (χ0) is 11.8. The van der Waals surface area contributed by atoms with Crippen molar-refractivity contribution in [3.8, 4) is 11.4 Å². The van der Waals surface area contributed by atoms with Crippen LogP contribution in [-0.4, -0.2) is 20.2 Å². The number of nitrogens with one attached hydrogen (secondary N) is 1. The van der Waals surface area contributed by atoms with Crippen molar-refractivity contribution >= 4 is 22.7 Å². The number of hydrogen-bond acceptors (Lipinski definition) is 5. The molecule has 7 heteroatoms. The van der Waals surface area contributed by atoms with Gasteiger partial charge >= 0.3 is 5.76 Å². The van der Waals surface area contributed by atoms with E-state index in [0.717, 1.165) is 0 Å². The molecule has 0 amide bonds. The Hall–Kier alpha value is -2.21. The molecule has 0 radical (unpaired) electrons. The summed E-state index contributed by atoms with van der Waals surface area (Å²) >= 11 is 5.72. The molecule has 1 N–H and O–H groups in total. The number of halogens is 1. The van der Waals surface area contributed by atoms with Gasteiger partial charge in [-0.25, -0.2) is 9.78 Å². The highest BCUT2D eigenvalue weighted by Gasteiger charge is 2.07. The molecule has 0 saturated heterocycles. The Bertz CT molecular complexity index is 749. The molecule has 84 valence electrons. The zero-order valence-corrected chi connectivity index (χ0v) is 9.10. The van der Waals surface area contributed by atoms with Crippen molar-refractivity contribution in [3.05, 3.63) is 40.1 Å². The van der Waals surface area contributed by atoms with Crippen LogP contribution in [-0.2, 0) is 0 Å². The number of aromatic nitrogens is 4. The van der Waals surface area contributed by atoms with Crippen molar-refractivity contribution in [3.63, 3.8) is 0 Å². The Morgan fingerprint density at radius 1 is 1.35 bits per heavy atom. The number of nitrogens with zero attached hydrogens (tertiary/aromatic N) is 3. The molecule has 6 nitrogen and oxygen atoms in total. The SMILES string of the molecule is O=c1[nH]c2ccc(-c3nncc(Cl)n3)cc2o1. The molecule has 0 aliphatic rings. The van der Waals surface area contributed by atoms with Crippen molar-refractivity contribution < 1.29 is 4.42 Å². The second kappa shape index (κ2) is 3.67. The molecular formula is C10H5ClN4O2. The maximum Gasteiger partial charge on any atom is 0.417 e. The molecule has 0 saturated carbocycles. The standard InChI is InChI=1S/C10H5ClN4O2/c11-8-4-12-15-9(14-8)5-1-2-6-7(3-5)17-10(16)13-6/h1-4H,(H,13,16). The van der Waals surface area contributed by atoms with Gasteiger partial charge < -0.3 is 4.42 Å². The second-order valence-electron chi connectivity index (χ2n) is 3.33. The van der Waals surface area contributed by atoms with E-state index in [4.69, 9.17) is 16.0 Å². The highest BCUT2D eigenvalue weighted by Crippen LogP contribution is 2.20. The van der Waals surface area contributed by atoms with Gasteiger partial charge in [0.05, 0.1) is 11.7 Å². The molecule has 0 aliphatic carbocycles. The lowest BCUT2D eigenvalue weighted by Gasteiger charge is -1.98. The van der Waals surface area contributed by atoms with Gasteiger partial charge in [-0.1, -0.05) is 11.6 Å². The van der Waals surface area contributed by atoms with E-state index in [2.05, 4.69) is 20.2 Å².